The van der Waals surface area contributed by atoms with Gasteiger partial charge < -0.3 is 10.4 Å². The van der Waals surface area contributed by atoms with E-state index in [1.54, 1.807) is 29.2 Å². The third kappa shape index (κ3) is 3.21. The Labute approximate surface area is 109 Å². The first kappa shape index (κ1) is 12.9. The molecule has 0 radical (unpaired) electrons. The number of carbonyl (C=O) groups is 2. The van der Waals surface area contributed by atoms with Gasteiger partial charge in [-0.2, -0.15) is 0 Å². The number of hydrogen-bond acceptors (Lipinski definition) is 3. The average Bonchev–Trinajstić information content (AvgIpc) is 2.25. The molecule has 2 N–H and O–H groups in total. The van der Waals surface area contributed by atoms with Crippen LogP contribution in [0.15, 0.2) is 24.3 Å². The molecule has 1 aromatic carbocycles. The number of carbonyl (C=O) groups excluding carboxylic acids is 1. The summed E-state index contributed by atoms with van der Waals surface area (Å²) >= 11 is 5.73. The molecule has 1 aliphatic heterocycles. The molecule has 1 saturated heterocycles. The first-order valence-corrected chi connectivity index (χ1v) is 5.93. The van der Waals surface area contributed by atoms with Crippen LogP contribution in [0, 0.1) is 5.92 Å². The summed E-state index contributed by atoms with van der Waals surface area (Å²) in [7, 11) is 0. The van der Waals surface area contributed by atoms with Gasteiger partial charge in [0.05, 0.1) is 12.5 Å². The minimum atomic E-state index is -0.802. The lowest BCUT2D eigenvalue weighted by Crippen LogP contribution is -2.52. The topological polar surface area (TPSA) is 69.6 Å². The van der Waals surface area contributed by atoms with E-state index >= 15 is 0 Å². The Morgan fingerprint density at radius 3 is 2.50 bits per heavy atom. The molecule has 5 nitrogen and oxygen atoms in total. The fraction of sp³-hybridized carbons (Fsp3) is 0.333. The Balaban J connectivity index is 1.76. The second-order valence-electron chi connectivity index (χ2n) is 4.28. The maximum atomic E-state index is 11.6. The Bertz CT molecular complexity index is 455. The molecule has 1 heterocycles. The molecule has 0 bridgehead atoms. The third-order valence-electron chi connectivity index (χ3n) is 2.80. The van der Waals surface area contributed by atoms with Gasteiger partial charge >= 0.3 is 5.97 Å². The normalized spacial score (nSPS) is 16.1. The van der Waals surface area contributed by atoms with E-state index in [0.29, 0.717) is 23.8 Å². The number of rotatable bonds is 4. The highest BCUT2D eigenvalue weighted by Crippen LogP contribution is 2.16. The van der Waals surface area contributed by atoms with Crippen molar-refractivity contribution in [3.63, 3.8) is 0 Å². The van der Waals surface area contributed by atoms with Gasteiger partial charge in [0, 0.05) is 23.8 Å². The summed E-state index contributed by atoms with van der Waals surface area (Å²) in [6.07, 6.45) is 0. The fourth-order valence-electron chi connectivity index (χ4n) is 1.79. The number of nitrogens with zero attached hydrogens (tertiary/aromatic N) is 1. The summed E-state index contributed by atoms with van der Waals surface area (Å²) in [6, 6.07) is 6.83. The molecule has 0 atom stereocenters. The molecule has 96 valence electrons. The highest BCUT2D eigenvalue weighted by Gasteiger charge is 2.33. The number of amides is 1. The number of halogens is 1. The molecular formula is C12H13ClN2O3. The van der Waals surface area contributed by atoms with Gasteiger partial charge in [0.2, 0.25) is 5.91 Å². The van der Waals surface area contributed by atoms with E-state index in [0.717, 1.165) is 0 Å². The summed E-state index contributed by atoms with van der Waals surface area (Å²) in [5, 5.41) is 12.0. The molecule has 6 heteroatoms. The molecule has 2 rings (SSSR count). The number of carboxylic acids is 1. The summed E-state index contributed by atoms with van der Waals surface area (Å²) in [4.78, 5) is 24.0. The van der Waals surface area contributed by atoms with Crippen LogP contribution in [-0.2, 0) is 9.59 Å². The third-order valence-corrected chi connectivity index (χ3v) is 3.05. The predicted molar refractivity (Wildman–Crippen MR) is 67.6 cm³/mol. The van der Waals surface area contributed by atoms with Gasteiger partial charge in [-0.25, -0.2) is 0 Å². The van der Waals surface area contributed by atoms with E-state index in [1.807, 2.05) is 0 Å². The molecule has 0 saturated carbocycles. The minimum Gasteiger partial charge on any atom is -0.481 e. The number of anilines is 1. The Morgan fingerprint density at radius 1 is 1.33 bits per heavy atom. The number of likely N-dealkylation sites (tertiary alicyclic amines) is 1. The van der Waals surface area contributed by atoms with Crippen molar-refractivity contribution in [2.45, 2.75) is 0 Å². The van der Waals surface area contributed by atoms with Crippen molar-refractivity contribution < 1.29 is 14.7 Å². The maximum Gasteiger partial charge on any atom is 0.309 e. The van der Waals surface area contributed by atoms with Crippen molar-refractivity contribution in [1.82, 2.24) is 4.90 Å². The number of carboxylic acid groups (broad SMARTS) is 1. The summed E-state index contributed by atoms with van der Waals surface area (Å²) in [5.74, 6) is -1.29. The van der Waals surface area contributed by atoms with Crippen LogP contribution in [0.4, 0.5) is 5.69 Å². The Hall–Kier alpha value is -1.59. The molecule has 1 fully saturated rings. The molecule has 0 spiro atoms. The Kier molecular flexibility index (Phi) is 3.84. The van der Waals surface area contributed by atoms with Gasteiger partial charge in [0.25, 0.3) is 0 Å². The highest BCUT2D eigenvalue weighted by molar-refractivity contribution is 6.30. The van der Waals surface area contributed by atoms with Crippen molar-refractivity contribution in [1.29, 1.82) is 0 Å². The largest absolute Gasteiger partial charge is 0.481 e. The van der Waals surface area contributed by atoms with Crippen molar-refractivity contribution >= 4 is 29.2 Å². The zero-order chi connectivity index (χ0) is 13.1. The zero-order valence-corrected chi connectivity index (χ0v) is 10.4. The van der Waals surface area contributed by atoms with Gasteiger partial charge in [-0.1, -0.05) is 11.6 Å². The van der Waals surface area contributed by atoms with E-state index in [4.69, 9.17) is 16.7 Å². The highest BCUT2D eigenvalue weighted by atomic mass is 35.5. The van der Waals surface area contributed by atoms with Crippen LogP contribution < -0.4 is 5.32 Å². The Morgan fingerprint density at radius 2 is 1.94 bits per heavy atom. The smallest absolute Gasteiger partial charge is 0.309 e. The van der Waals surface area contributed by atoms with Crippen LogP contribution in [0.5, 0.6) is 0 Å². The van der Waals surface area contributed by atoms with Crippen molar-refractivity contribution in [2.75, 3.05) is 25.0 Å². The maximum absolute atomic E-state index is 11.6. The van der Waals surface area contributed by atoms with Crippen LogP contribution >= 0.6 is 11.6 Å². The number of hydrogen-bond donors (Lipinski definition) is 2. The molecule has 1 amide bonds. The van der Waals surface area contributed by atoms with Gasteiger partial charge in [-0.3, -0.25) is 14.5 Å². The minimum absolute atomic E-state index is 0.152. The van der Waals surface area contributed by atoms with Crippen LogP contribution in [0.25, 0.3) is 0 Å². The SMILES string of the molecule is O=C(CN1CC(C(=O)O)C1)Nc1ccc(Cl)cc1. The lowest BCUT2D eigenvalue weighted by atomic mass is 10.0. The summed E-state index contributed by atoms with van der Waals surface area (Å²) < 4.78 is 0. The zero-order valence-electron chi connectivity index (χ0n) is 9.60. The van der Waals surface area contributed by atoms with E-state index in [1.165, 1.54) is 0 Å². The molecule has 1 aromatic rings. The number of nitrogens with one attached hydrogen (secondary N) is 1. The predicted octanol–water partition coefficient (Wildman–Crippen LogP) is 1.29. The number of aliphatic carboxylic acids is 1. The van der Waals surface area contributed by atoms with Crippen molar-refractivity contribution in [3.05, 3.63) is 29.3 Å². The van der Waals surface area contributed by atoms with E-state index < -0.39 is 5.97 Å². The average molecular weight is 269 g/mol. The second-order valence-corrected chi connectivity index (χ2v) is 4.72. The molecular weight excluding hydrogens is 256 g/mol. The molecule has 1 aliphatic rings. The molecule has 0 aliphatic carbocycles. The van der Waals surface area contributed by atoms with E-state index in [2.05, 4.69) is 5.32 Å². The van der Waals surface area contributed by atoms with Crippen LogP contribution in [-0.4, -0.2) is 41.5 Å². The van der Waals surface area contributed by atoms with Gasteiger partial charge in [-0.15, -0.1) is 0 Å². The summed E-state index contributed by atoms with van der Waals surface area (Å²) in [6.45, 7) is 1.08. The molecule has 18 heavy (non-hydrogen) atoms. The first-order valence-electron chi connectivity index (χ1n) is 5.55. The lowest BCUT2D eigenvalue weighted by molar-refractivity contribution is -0.148. The van der Waals surface area contributed by atoms with E-state index in [-0.39, 0.29) is 18.4 Å². The lowest BCUT2D eigenvalue weighted by Gasteiger charge is -2.35. The van der Waals surface area contributed by atoms with Crippen LogP contribution in [0.3, 0.4) is 0 Å². The van der Waals surface area contributed by atoms with Crippen molar-refractivity contribution in [2.24, 2.45) is 5.92 Å². The van der Waals surface area contributed by atoms with Gasteiger partial charge in [0.15, 0.2) is 0 Å². The second kappa shape index (κ2) is 5.37. The standard InChI is InChI=1S/C12H13ClN2O3/c13-9-1-3-10(4-2-9)14-11(16)7-15-5-8(6-15)12(17)18/h1-4,8H,5-7H2,(H,14,16)(H,17,18). The van der Waals surface area contributed by atoms with Crippen LogP contribution in [0.1, 0.15) is 0 Å². The number of benzene rings is 1. The quantitative estimate of drug-likeness (QED) is 0.863. The monoisotopic (exact) mass is 268 g/mol. The fourth-order valence-corrected chi connectivity index (χ4v) is 1.92. The van der Waals surface area contributed by atoms with Crippen LogP contribution in [0.2, 0.25) is 5.02 Å². The molecule has 0 aromatic heterocycles. The van der Waals surface area contributed by atoms with Gasteiger partial charge in [-0.05, 0) is 24.3 Å². The van der Waals surface area contributed by atoms with Gasteiger partial charge in [0.1, 0.15) is 0 Å². The van der Waals surface area contributed by atoms with Crippen molar-refractivity contribution in [3.8, 4) is 0 Å². The van der Waals surface area contributed by atoms with E-state index in [9.17, 15) is 9.59 Å². The first-order chi connectivity index (χ1) is 8.54. The summed E-state index contributed by atoms with van der Waals surface area (Å²) in [5.41, 5.74) is 0.680. The molecule has 0 unspecified atom stereocenters.